The third kappa shape index (κ3) is 4.91. The van der Waals surface area contributed by atoms with Crippen LogP contribution in [0.4, 0.5) is 11.6 Å². The van der Waals surface area contributed by atoms with Gasteiger partial charge in [-0.15, -0.1) is 11.3 Å². The third-order valence-electron chi connectivity index (χ3n) is 2.65. The minimum Gasteiger partial charge on any atom is -0.383 e. The number of hydrogen-bond donors (Lipinski definition) is 3. The van der Waals surface area contributed by atoms with Crippen LogP contribution < -0.4 is 16.8 Å². The molecule has 0 aliphatic heterocycles. The van der Waals surface area contributed by atoms with E-state index >= 15 is 0 Å². The van der Waals surface area contributed by atoms with Gasteiger partial charge >= 0.3 is 0 Å². The van der Waals surface area contributed by atoms with Gasteiger partial charge in [0.15, 0.2) is 5.16 Å². The molecule has 0 spiro atoms. The monoisotopic (exact) mass is 323 g/mol. The smallest absolute Gasteiger partial charge is 0.233 e. The van der Waals surface area contributed by atoms with Gasteiger partial charge in [-0.25, -0.2) is 9.97 Å². The first-order valence-electron chi connectivity index (χ1n) is 6.41. The summed E-state index contributed by atoms with van der Waals surface area (Å²) in [6, 6.07) is 5.54. The molecule has 0 fully saturated rings. The molecule has 2 aromatic heterocycles. The Kier molecular flexibility index (Phi) is 5.40. The summed E-state index contributed by atoms with van der Waals surface area (Å²) in [5.41, 5.74) is 11.2. The molecule has 2 heterocycles. The van der Waals surface area contributed by atoms with Crippen LogP contribution in [0, 0.1) is 0 Å². The summed E-state index contributed by atoms with van der Waals surface area (Å²) in [5, 5.41) is 5.02. The second kappa shape index (κ2) is 7.28. The van der Waals surface area contributed by atoms with Crippen molar-refractivity contribution >= 4 is 40.6 Å². The van der Waals surface area contributed by atoms with Crippen LogP contribution >= 0.6 is 23.1 Å². The highest BCUT2D eigenvalue weighted by atomic mass is 32.2. The van der Waals surface area contributed by atoms with Crippen molar-refractivity contribution in [3.05, 3.63) is 28.5 Å². The molecular weight excluding hydrogens is 306 g/mol. The van der Waals surface area contributed by atoms with E-state index in [-0.39, 0.29) is 11.2 Å². The zero-order valence-corrected chi connectivity index (χ0v) is 13.2. The number of anilines is 2. The molecule has 112 valence electrons. The number of hydrogen-bond acceptors (Lipinski definition) is 7. The fourth-order valence-electron chi connectivity index (χ4n) is 1.63. The molecule has 0 aliphatic rings. The van der Waals surface area contributed by atoms with Gasteiger partial charge in [0, 0.05) is 17.5 Å². The van der Waals surface area contributed by atoms with E-state index in [1.54, 1.807) is 18.3 Å². The summed E-state index contributed by atoms with van der Waals surface area (Å²) in [6.07, 6.45) is 0.836. The first-order valence-corrected chi connectivity index (χ1v) is 8.17. The molecule has 0 saturated heterocycles. The molecule has 0 aromatic carbocycles. The minimum absolute atomic E-state index is 0.0545. The number of nitrogen functional groups attached to an aromatic ring is 2. The topological polar surface area (TPSA) is 107 Å². The lowest BCUT2D eigenvalue weighted by molar-refractivity contribution is -0.120. The maximum atomic E-state index is 12.0. The van der Waals surface area contributed by atoms with E-state index in [9.17, 15) is 4.79 Å². The lowest BCUT2D eigenvalue weighted by atomic mass is 10.3. The zero-order valence-electron chi connectivity index (χ0n) is 11.6. The van der Waals surface area contributed by atoms with Gasteiger partial charge in [-0.05, 0) is 24.8 Å². The molecular formula is C13H17N5OS2. The van der Waals surface area contributed by atoms with E-state index < -0.39 is 0 Å². The maximum absolute atomic E-state index is 12.0. The van der Waals surface area contributed by atoms with E-state index in [2.05, 4.69) is 21.4 Å². The van der Waals surface area contributed by atoms with Gasteiger partial charge in [0.25, 0.3) is 0 Å². The molecule has 0 radical (unpaired) electrons. The van der Waals surface area contributed by atoms with Gasteiger partial charge in [0.2, 0.25) is 5.91 Å². The number of aromatic nitrogens is 2. The number of nitrogens with two attached hydrogens (primary N) is 2. The van der Waals surface area contributed by atoms with Crippen molar-refractivity contribution in [2.24, 2.45) is 0 Å². The summed E-state index contributed by atoms with van der Waals surface area (Å²) >= 11 is 2.92. The largest absolute Gasteiger partial charge is 0.383 e. The Hall–Kier alpha value is -1.80. The second-order valence-electron chi connectivity index (χ2n) is 4.38. The van der Waals surface area contributed by atoms with Gasteiger partial charge in [0.1, 0.15) is 11.6 Å². The molecule has 2 aromatic rings. The van der Waals surface area contributed by atoms with Crippen LogP contribution in [0.1, 0.15) is 11.8 Å². The number of thioether (sulfide) groups is 1. The van der Waals surface area contributed by atoms with Crippen molar-refractivity contribution in [1.82, 2.24) is 15.3 Å². The molecule has 1 unspecified atom stereocenters. The van der Waals surface area contributed by atoms with E-state index in [1.165, 1.54) is 22.7 Å². The highest BCUT2D eigenvalue weighted by Crippen LogP contribution is 2.21. The van der Waals surface area contributed by atoms with Crippen LogP contribution in [0.15, 0.2) is 28.7 Å². The first kappa shape index (κ1) is 15.6. The van der Waals surface area contributed by atoms with E-state index in [0.717, 1.165) is 6.42 Å². The SMILES string of the molecule is CC(Sc1nc(N)cc(N)n1)C(=O)NCCc1cccs1. The summed E-state index contributed by atoms with van der Waals surface area (Å²) in [7, 11) is 0. The van der Waals surface area contributed by atoms with Crippen LogP contribution in [0.3, 0.4) is 0 Å². The predicted octanol–water partition coefficient (Wildman–Crippen LogP) is 1.54. The van der Waals surface area contributed by atoms with Gasteiger partial charge in [-0.2, -0.15) is 0 Å². The number of amides is 1. The van der Waals surface area contributed by atoms with E-state index in [4.69, 9.17) is 11.5 Å². The molecule has 0 bridgehead atoms. The number of nitrogens with one attached hydrogen (secondary N) is 1. The zero-order chi connectivity index (χ0) is 15.2. The van der Waals surface area contributed by atoms with Crippen LogP contribution in [0.2, 0.25) is 0 Å². The number of nitrogens with zero attached hydrogens (tertiary/aromatic N) is 2. The van der Waals surface area contributed by atoms with E-state index in [1.807, 2.05) is 11.4 Å². The summed E-state index contributed by atoms with van der Waals surface area (Å²) < 4.78 is 0. The average molecular weight is 323 g/mol. The molecule has 21 heavy (non-hydrogen) atoms. The fourth-order valence-corrected chi connectivity index (χ4v) is 3.17. The maximum Gasteiger partial charge on any atom is 0.233 e. The lowest BCUT2D eigenvalue weighted by Crippen LogP contribution is -2.32. The van der Waals surface area contributed by atoms with Gasteiger partial charge < -0.3 is 16.8 Å². The number of rotatable bonds is 6. The van der Waals surface area contributed by atoms with E-state index in [0.29, 0.717) is 23.3 Å². The molecule has 0 aliphatic carbocycles. The molecule has 0 saturated carbocycles. The minimum atomic E-state index is -0.311. The predicted molar refractivity (Wildman–Crippen MR) is 87.2 cm³/mol. The Morgan fingerprint density at radius 1 is 1.43 bits per heavy atom. The fraction of sp³-hybridized carbons (Fsp3) is 0.308. The summed E-state index contributed by atoms with van der Waals surface area (Å²) in [6.45, 7) is 2.41. The van der Waals surface area contributed by atoms with Crippen molar-refractivity contribution in [2.45, 2.75) is 23.8 Å². The Labute approximate surface area is 131 Å². The van der Waals surface area contributed by atoms with Gasteiger partial charge in [-0.1, -0.05) is 17.8 Å². The number of carbonyl (C=O) groups excluding carboxylic acids is 1. The molecule has 6 nitrogen and oxygen atoms in total. The van der Waals surface area contributed by atoms with Crippen molar-refractivity contribution in [3.8, 4) is 0 Å². The molecule has 5 N–H and O–H groups in total. The Morgan fingerprint density at radius 3 is 2.76 bits per heavy atom. The van der Waals surface area contributed by atoms with Crippen molar-refractivity contribution in [2.75, 3.05) is 18.0 Å². The van der Waals surface area contributed by atoms with Crippen molar-refractivity contribution < 1.29 is 4.79 Å². The van der Waals surface area contributed by atoms with Crippen LogP contribution in [-0.4, -0.2) is 27.7 Å². The van der Waals surface area contributed by atoms with Crippen LogP contribution in [0.5, 0.6) is 0 Å². The highest BCUT2D eigenvalue weighted by molar-refractivity contribution is 8.00. The van der Waals surface area contributed by atoms with Gasteiger partial charge in [-0.3, -0.25) is 4.79 Å². The number of thiophene rings is 1. The molecule has 8 heteroatoms. The Bertz CT molecular complexity index is 582. The second-order valence-corrected chi connectivity index (χ2v) is 6.72. The Morgan fingerprint density at radius 2 is 2.14 bits per heavy atom. The number of carbonyl (C=O) groups is 1. The quantitative estimate of drug-likeness (QED) is 0.550. The third-order valence-corrected chi connectivity index (χ3v) is 4.54. The average Bonchev–Trinajstić information content (AvgIpc) is 2.90. The van der Waals surface area contributed by atoms with Crippen molar-refractivity contribution in [1.29, 1.82) is 0 Å². The van der Waals surface area contributed by atoms with Crippen LogP contribution in [0.25, 0.3) is 0 Å². The first-order chi connectivity index (χ1) is 10.0. The van der Waals surface area contributed by atoms with Gasteiger partial charge in [0.05, 0.1) is 5.25 Å². The molecule has 2 rings (SSSR count). The summed E-state index contributed by atoms with van der Waals surface area (Å²) in [4.78, 5) is 21.3. The standard InChI is InChI=1S/C13H17N5OS2/c1-8(21-13-17-10(14)7-11(15)18-13)12(19)16-5-4-9-3-2-6-20-9/h2-3,6-8H,4-5H2,1H3,(H,16,19)(H4,14,15,17,18). The Balaban J connectivity index is 1.81. The van der Waals surface area contributed by atoms with Crippen molar-refractivity contribution in [3.63, 3.8) is 0 Å². The highest BCUT2D eigenvalue weighted by Gasteiger charge is 2.16. The van der Waals surface area contributed by atoms with Crippen LogP contribution in [-0.2, 0) is 11.2 Å². The lowest BCUT2D eigenvalue weighted by Gasteiger charge is -2.11. The normalized spacial score (nSPS) is 12.0. The molecule has 1 amide bonds. The summed E-state index contributed by atoms with van der Waals surface area (Å²) in [5.74, 6) is 0.548. The molecule has 1 atom stereocenters.